The summed E-state index contributed by atoms with van der Waals surface area (Å²) >= 11 is 0. The maximum atomic E-state index is 13.4. The van der Waals surface area contributed by atoms with Crippen LogP contribution < -0.4 is 20.4 Å². The Morgan fingerprint density at radius 2 is 1.70 bits per heavy atom. The summed E-state index contributed by atoms with van der Waals surface area (Å²) < 4.78 is 0. The Bertz CT molecular complexity index is 900. The summed E-state index contributed by atoms with van der Waals surface area (Å²) in [5.74, 6) is 0.963. The smallest absolute Gasteiger partial charge is 0.249 e. The molecule has 7 nitrogen and oxygen atoms in total. The number of carbonyl (C=O) groups is 3. The molecule has 160 valence electrons. The van der Waals surface area contributed by atoms with Crippen LogP contribution in [0.5, 0.6) is 0 Å². The maximum Gasteiger partial charge on any atom is 0.249 e. The van der Waals surface area contributed by atoms with Gasteiger partial charge in [-0.05, 0) is 56.3 Å². The van der Waals surface area contributed by atoms with Crippen molar-refractivity contribution in [2.24, 2.45) is 11.8 Å². The maximum absolute atomic E-state index is 13.4. The van der Waals surface area contributed by atoms with Crippen molar-refractivity contribution < 1.29 is 14.4 Å². The van der Waals surface area contributed by atoms with Crippen molar-refractivity contribution in [1.29, 1.82) is 0 Å². The van der Waals surface area contributed by atoms with Crippen LogP contribution >= 0.6 is 0 Å². The van der Waals surface area contributed by atoms with Gasteiger partial charge in [-0.15, -0.1) is 0 Å². The van der Waals surface area contributed by atoms with Crippen molar-refractivity contribution >= 4 is 29.1 Å². The first-order valence-corrected chi connectivity index (χ1v) is 11.3. The van der Waals surface area contributed by atoms with Gasteiger partial charge in [-0.1, -0.05) is 19.9 Å². The van der Waals surface area contributed by atoms with E-state index in [4.69, 9.17) is 0 Å². The molecular formula is C23H30N4O3. The molecule has 4 fully saturated rings. The highest BCUT2D eigenvalue weighted by molar-refractivity contribution is 6.16. The number of imide groups is 1. The molecule has 3 amide bonds. The fourth-order valence-corrected chi connectivity index (χ4v) is 5.41. The van der Waals surface area contributed by atoms with E-state index in [1.54, 1.807) is 4.90 Å². The molecule has 1 unspecified atom stereocenters. The fraction of sp³-hybridized carbons (Fsp3) is 0.609. The second-order valence-electron chi connectivity index (χ2n) is 8.98. The highest BCUT2D eigenvalue weighted by atomic mass is 16.2. The van der Waals surface area contributed by atoms with Crippen molar-refractivity contribution in [3.63, 3.8) is 0 Å². The number of hydrogen-bond donors (Lipinski definition) is 2. The molecular weight excluding hydrogens is 380 g/mol. The van der Waals surface area contributed by atoms with Gasteiger partial charge in [-0.25, -0.2) is 0 Å². The lowest BCUT2D eigenvalue weighted by molar-refractivity contribution is -0.135. The molecule has 0 bridgehead atoms. The molecule has 1 aromatic rings. The minimum Gasteiger partial charge on any atom is -0.371 e. The van der Waals surface area contributed by atoms with Gasteiger partial charge in [-0.2, -0.15) is 0 Å². The van der Waals surface area contributed by atoms with Crippen LogP contribution in [-0.2, 0) is 19.8 Å². The molecule has 0 aromatic heterocycles. The number of nitrogens with one attached hydrogen (secondary N) is 2. The molecule has 3 saturated heterocycles. The van der Waals surface area contributed by atoms with Gasteiger partial charge in [0.2, 0.25) is 17.7 Å². The average molecular weight is 411 g/mol. The summed E-state index contributed by atoms with van der Waals surface area (Å²) in [5.41, 5.74) is 2.72. The van der Waals surface area contributed by atoms with Crippen LogP contribution in [0.1, 0.15) is 45.1 Å². The summed E-state index contributed by atoms with van der Waals surface area (Å²) in [7, 11) is 0. The molecule has 1 atom stereocenters. The quantitative estimate of drug-likeness (QED) is 0.739. The number of benzene rings is 1. The lowest BCUT2D eigenvalue weighted by Crippen LogP contribution is -2.58. The number of anilines is 2. The Labute approximate surface area is 177 Å². The molecule has 1 spiro atoms. The number of carbonyl (C=O) groups excluding carboxylic acids is 3. The van der Waals surface area contributed by atoms with Crippen LogP contribution in [0, 0.1) is 11.8 Å². The van der Waals surface area contributed by atoms with E-state index >= 15 is 0 Å². The summed E-state index contributed by atoms with van der Waals surface area (Å²) in [6.07, 6.45) is 2.38. The van der Waals surface area contributed by atoms with Crippen molar-refractivity contribution in [2.45, 2.75) is 51.0 Å². The molecule has 1 saturated carbocycles. The van der Waals surface area contributed by atoms with Gasteiger partial charge < -0.3 is 10.2 Å². The second kappa shape index (κ2) is 7.08. The minimum absolute atomic E-state index is 0.0460. The van der Waals surface area contributed by atoms with Crippen molar-refractivity contribution in [3.05, 3.63) is 23.8 Å². The second-order valence-corrected chi connectivity index (χ2v) is 8.98. The van der Waals surface area contributed by atoms with E-state index in [0.717, 1.165) is 62.1 Å². The van der Waals surface area contributed by atoms with Crippen molar-refractivity contribution in [2.75, 3.05) is 36.0 Å². The normalized spacial score (nSPS) is 27.1. The van der Waals surface area contributed by atoms with E-state index in [0.29, 0.717) is 6.42 Å². The topological polar surface area (TPSA) is 81.8 Å². The van der Waals surface area contributed by atoms with Gasteiger partial charge in [-0.3, -0.25) is 24.6 Å². The van der Waals surface area contributed by atoms with Crippen molar-refractivity contribution in [1.82, 2.24) is 10.6 Å². The van der Waals surface area contributed by atoms with Gasteiger partial charge >= 0.3 is 0 Å². The van der Waals surface area contributed by atoms with E-state index < -0.39 is 11.5 Å². The largest absolute Gasteiger partial charge is 0.371 e. The van der Waals surface area contributed by atoms with Gasteiger partial charge in [0, 0.05) is 30.8 Å². The minimum atomic E-state index is -0.579. The SMILES string of the molecule is CC.O=C1CCC(N2C(=O)C3(CC3)c3c(N4CC(C5CNC5)C4)cccc32)C(=O)N1. The third-order valence-corrected chi connectivity index (χ3v) is 7.39. The highest BCUT2D eigenvalue weighted by Crippen LogP contribution is 2.61. The van der Waals surface area contributed by atoms with Gasteiger partial charge in [0.25, 0.3) is 0 Å². The molecule has 6 rings (SSSR count). The monoisotopic (exact) mass is 410 g/mol. The average Bonchev–Trinajstić information content (AvgIpc) is 3.43. The lowest BCUT2D eigenvalue weighted by Gasteiger charge is -2.48. The highest BCUT2D eigenvalue weighted by Gasteiger charge is 2.62. The Hall–Kier alpha value is -2.41. The van der Waals surface area contributed by atoms with Crippen molar-refractivity contribution in [3.8, 4) is 0 Å². The molecule has 30 heavy (non-hydrogen) atoms. The number of fused-ring (bicyclic) bond motifs is 2. The number of amides is 3. The molecule has 4 aliphatic heterocycles. The summed E-state index contributed by atoms with van der Waals surface area (Å²) in [6, 6.07) is 5.53. The van der Waals surface area contributed by atoms with E-state index in [2.05, 4.69) is 21.6 Å². The van der Waals surface area contributed by atoms with Crippen LogP contribution in [0.4, 0.5) is 11.4 Å². The molecule has 1 aliphatic carbocycles. The molecule has 5 aliphatic rings. The molecule has 7 heteroatoms. The number of hydrogen-bond acceptors (Lipinski definition) is 5. The van der Waals surface area contributed by atoms with Crippen LogP contribution in [0.3, 0.4) is 0 Å². The molecule has 2 N–H and O–H groups in total. The third kappa shape index (κ3) is 2.71. The third-order valence-electron chi connectivity index (χ3n) is 7.39. The number of piperidine rings is 1. The Balaban J connectivity index is 0.000000937. The predicted octanol–water partition coefficient (Wildman–Crippen LogP) is 1.55. The number of rotatable bonds is 3. The summed E-state index contributed by atoms with van der Waals surface area (Å²) in [6.45, 7) is 8.34. The summed E-state index contributed by atoms with van der Waals surface area (Å²) in [4.78, 5) is 41.6. The van der Waals surface area contributed by atoms with Crippen LogP contribution in [-0.4, -0.2) is 49.9 Å². The molecule has 1 aromatic carbocycles. The zero-order valence-electron chi connectivity index (χ0n) is 17.7. The van der Waals surface area contributed by atoms with Gasteiger partial charge in [0.15, 0.2) is 0 Å². The summed E-state index contributed by atoms with van der Waals surface area (Å²) in [5, 5.41) is 5.76. The first-order chi connectivity index (χ1) is 14.6. The van der Waals surface area contributed by atoms with Crippen LogP contribution in [0.25, 0.3) is 0 Å². The van der Waals surface area contributed by atoms with E-state index in [9.17, 15) is 14.4 Å². The predicted molar refractivity (Wildman–Crippen MR) is 114 cm³/mol. The first kappa shape index (κ1) is 19.5. The van der Waals surface area contributed by atoms with Gasteiger partial charge in [0.1, 0.15) is 6.04 Å². The number of nitrogens with zero attached hydrogens (tertiary/aromatic N) is 2. The van der Waals surface area contributed by atoms with Crippen LogP contribution in [0.15, 0.2) is 18.2 Å². The standard InChI is InChI=1S/C21H24N4O3.C2H6/c26-17-5-4-16(19(27)23-17)25-15-3-1-2-14(18(15)21(6-7-21)20(25)28)24-10-13(11-24)12-8-22-9-12;1-2/h1-3,12-13,16,22H,4-11H2,(H,23,26,27);1-2H3. The Kier molecular flexibility index (Phi) is 4.61. The molecule has 0 radical (unpaired) electrons. The lowest BCUT2D eigenvalue weighted by atomic mass is 9.81. The zero-order chi connectivity index (χ0) is 21.0. The van der Waals surface area contributed by atoms with Crippen LogP contribution in [0.2, 0.25) is 0 Å². The Morgan fingerprint density at radius 3 is 2.30 bits per heavy atom. The molecule has 4 heterocycles. The van der Waals surface area contributed by atoms with E-state index in [-0.39, 0.29) is 24.1 Å². The van der Waals surface area contributed by atoms with E-state index in [1.807, 2.05) is 26.0 Å². The zero-order valence-corrected chi connectivity index (χ0v) is 17.7. The van der Waals surface area contributed by atoms with Gasteiger partial charge in [0.05, 0.1) is 11.1 Å². The van der Waals surface area contributed by atoms with E-state index in [1.165, 1.54) is 5.69 Å². The first-order valence-electron chi connectivity index (χ1n) is 11.3. The Morgan fingerprint density at radius 1 is 1.00 bits per heavy atom. The fourth-order valence-electron chi connectivity index (χ4n) is 5.41.